The number of hydrogen-bond acceptors (Lipinski definition) is 10. The van der Waals surface area contributed by atoms with Crippen molar-refractivity contribution in [3.63, 3.8) is 0 Å². The van der Waals surface area contributed by atoms with Crippen molar-refractivity contribution in [1.29, 1.82) is 0 Å². The van der Waals surface area contributed by atoms with Crippen LogP contribution < -0.4 is 4.74 Å². The second kappa shape index (κ2) is 12.5. The molecule has 0 saturated carbocycles. The van der Waals surface area contributed by atoms with Gasteiger partial charge in [-0.3, -0.25) is 9.58 Å². The van der Waals surface area contributed by atoms with E-state index in [1.165, 1.54) is 26.2 Å². The predicted octanol–water partition coefficient (Wildman–Crippen LogP) is 4.60. The number of rotatable bonds is 10. The lowest BCUT2D eigenvalue weighted by molar-refractivity contribution is -0.144. The van der Waals surface area contributed by atoms with Crippen molar-refractivity contribution in [3.8, 4) is 39.7 Å². The highest BCUT2D eigenvalue weighted by Gasteiger charge is 2.41. The summed E-state index contributed by atoms with van der Waals surface area (Å²) < 4.78 is 79.0. The molecule has 0 radical (unpaired) electrons. The van der Waals surface area contributed by atoms with Crippen molar-refractivity contribution in [2.24, 2.45) is 0 Å². The molecule has 0 amide bonds. The van der Waals surface area contributed by atoms with Crippen LogP contribution in [-0.2, 0) is 22.6 Å². The molecule has 11 nitrogen and oxygen atoms in total. The summed E-state index contributed by atoms with van der Waals surface area (Å²) in [6.07, 6.45) is -0.887. The summed E-state index contributed by atoms with van der Waals surface area (Å²) in [4.78, 5) is 10.5. The van der Waals surface area contributed by atoms with Gasteiger partial charge in [-0.05, 0) is 32.4 Å². The van der Waals surface area contributed by atoms with Gasteiger partial charge in [0.15, 0.2) is 27.1 Å². The Morgan fingerprint density at radius 2 is 1.77 bits per heavy atom. The average molecular weight is 655 g/mol. The molecule has 0 aliphatic carbocycles. The first-order valence-electron chi connectivity index (χ1n) is 13.7. The minimum atomic E-state index is -4.82. The maximum Gasteiger partial charge on any atom is 0.433 e. The quantitative estimate of drug-likeness (QED) is 0.258. The lowest BCUT2D eigenvalue weighted by Crippen LogP contribution is -2.42. The normalized spacial score (nSPS) is 15.9. The average Bonchev–Trinajstić information content (AvgIpc) is 3.58. The number of hydrogen-bond donors (Lipinski definition) is 1. The summed E-state index contributed by atoms with van der Waals surface area (Å²) in [6, 6.07) is 6.48. The molecule has 5 rings (SSSR count). The topological polar surface area (TPSA) is 136 Å². The van der Waals surface area contributed by atoms with Crippen LogP contribution in [0.1, 0.15) is 26.0 Å². The molecule has 0 unspecified atom stereocenters. The molecule has 1 aliphatic heterocycles. The van der Waals surface area contributed by atoms with Gasteiger partial charge in [0.2, 0.25) is 0 Å². The first kappa shape index (κ1) is 31.9. The van der Waals surface area contributed by atoms with Crippen molar-refractivity contribution < 1.29 is 36.0 Å². The summed E-state index contributed by atoms with van der Waals surface area (Å²) in [5, 5.41) is 18.3. The van der Waals surface area contributed by atoms with Gasteiger partial charge >= 0.3 is 6.18 Å². The van der Waals surface area contributed by atoms with Gasteiger partial charge in [0.25, 0.3) is 0 Å². The van der Waals surface area contributed by atoms with E-state index >= 15 is 0 Å². The molecular formula is C28H30ClF3N6O5S. The molecule has 1 aliphatic rings. The fraction of sp³-hybridized carbons (Fsp3) is 0.429. The monoisotopic (exact) mass is 654 g/mol. The van der Waals surface area contributed by atoms with E-state index in [1.54, 1.807) is 24.3 Å². The van der Waals surface area contributed by atoms with E-state index < -0.39 is 27.3 Å². The molecule has 1 N–H and O–H groups in total. The molecule has 1 saturated heterocycles. The molecule has 0 atom stereocenters. The molecule has 236 valence electrons. The predicted molar refractivity (Wildman–Crippen MR) is 156 cm³/mol. The Morgan fingerprint density at radius 3 is 2.43 bits per heavy atom. The molecule has 44 heavy (non-hydrogen) atoms. The highest BCUT2D eigenvalue weighted by atomic mass is 35.5. The number of aliphatic hydroxyl groups is 1. The van der Waals surface area contributed by atoms with E-state index in [4.69, 9.17) is 20.9 Å². The Hall–Kier alpha value is -3.53. The maximum atomic E-state index is 14.4. The third-order valence-electron chi connectivity index (χ3n) is 7.09. The highest BCUT2D eigenvalue weighted by molar-refractivity contribution is 7.91. The van der Waals surface area contributed by atoms with Crippen LogP contribution in [0.4, 0.5) is 13.2 Å². The van der Waals surface area contributed by atoms with Crippen LogP contribution in [0.25, 0.3) is 34.0 Å². The number of alkyl halides is 3. The maximum absolute atomic E-state index is 14.4. The van der Waals surface area contributed by atoms with Crippen LogP contribution in [0.15, 0.2) is 47.4 Å². The van der Waals surface area contributed by atoms with Crippen LogP contribution in [0, 0.1) is 0 Å². The molecule has 1 aromatic carbocycles. The third-order valence-corrected chi connectivity index (χ3v) is 9.09. The lowest BCUT2D eigenvalue weighted by atomic mass is 10.0. The standard InChI is InChI=1S/C28H30ClF3N6O5S/c1-27(2,39)7-10-38-25(28(30,31)32)19(17-35-38)24-21(26-33-8-4-9-34-26)23(36-43-24)18-5-3-6-20(22(18)29)42-14-11-37-12-15-44(40,41)16-13-37/h3-6,8-9,17,39H,7,10-16H2,1-2H3. The number of nitrogens with zero attached hydrogens (tertiary/aromatic N) is 6. The first-order valence-corrected chi connectivity index (χ1v) is 15.9. The summed E-state index contributed by atoms with van der Waals surface area (Å²) >= 11 is 6.75. The highest BCUT2D eigenvalue weighted by Crippen LogP contribution is 2.46. The Bertz CT molecular complexity index is 1710. The van der Waals surface area contributed by atoms with E-state index in [0.717, 1.165) is 10.9 Å². The molecule has 4 heterocycles. The van der Waals surface area contributed by atoms with Crippen molar-refractivity contribution in [2.45, 2.75) is 38.6 Å². The lowest BCUT2D eigenvalue weighted by Gasteiger charge is -2.26. The minimum absolute atomic E-state index is 0.0206. The van der Waals surface area contributed by atoms with Crippen molar-refractivity contribution in [2.75, 3.05) is 37.7 Å². The van der Waals surface area contributed by atoms with E-state index in [-0.39, 0.29) is 64.5 Å². The summed E-state index contributed by atoms with van der Waals surface area (Å²) in [7, 11) is -3.01. The molecule has 4 aromatic rings. The fourth-order valence-electron chi connectivity index (χ4n) is 4.76. The zero-order valence-corrected chi connectivity index (χ0v) is 25.5. The Morgan fingerprint density at radius 1 is 1.07 bits per heavy atom. The zero-order valence-electron chi connectivity index (χ0n) is 23.9. The van der Waals surface area contributed by atoms with Crippen LogP contribution in [0.3, 0.4) is 0 Å². The van der Waals surface area contributed by atoms with E-state index in [2.05, 4.69) is 20.2 Å². The van der Waals surface area contributed by atoms with Crippen molar-refractivity contribution in [1.82, 2.24) is 29.8 Å². The van der Waals surface area contributed by atoms with Crippen molar-refractivity contribution >= 4 is 21.4 Å². The van der Waals surface area contributed by atoms with E-state index in [1.807, 2.05) is 4.90 Å². The van der Waals surface area contributed by atoms with E-state index in [0.29, 0.717) is 30.9 Å². The summed E-state index contributed by atoms with van der Waals surface area (Å²) in [5.41, 5.74) is -2.17. The van der Waals surface area contributed by atoms with Gasteiger partial charge in [0.05, 0.1) is 39.5 Å². The van der Waals surface area contributed by atoms with Gasteiger partial charge in [-0.2, -0.15) is 18.3 Å². The molecular weight excluding hydrogens is 625 g/mol. The van der Waals surface area contributed by atoms with Gasteiger partial charge in [0.1, 0.15) is 18.1 Å². The third kappa shape index (κ3) is 7.22. The Balaban J connectivity index is 1.51. The van der Waals surface area contributed by atoms with Gasteiger partial charge in [-0.15, -0.1) is 0 Å². The van der Waals surface area contributed by atoms with Gasteiger partial charge in [0, 0.05) is 44.1 Å². The van der Waals surface area contributed by atoms with Crippen LogP contribution in [-0.4, -0.2) is 86.7 Å². The zero-order chi connectivity index (χ0) is 31.7. The van der Waals surface area contributed by atoms with Crippen LogP contribution in [0.5, 0.6) is 5.75 Å². The van der Waals surface area contributed by atoms with Crippen LogP contribution >= 0.6 is 11.6 Å². The van der Waals surface area contributed by atoms with Crippen LogP contribution in [0.2, 0.25) is 5.02 Å². The number of aromatic nitrogens is 5. The molecule has 0 spiro atoms. The second-order valence-corrected chi connectivity index (χ2v) is 13.6. The summed E-state index contributed by atoms with van der Waals surface area (Å²) in [6.45, 7) is 4.33. The van der Waals surface area contributed by atoms with Gasteiger partial charge in [-0.1, -0.05) is 28.9 Å². The largest absolute Gasteiger partial charge is 0.491 e. The molecule has 16 heteroatoms. The molecule has 1 fully saturated rings. The fourth-order valence-corrected chi connectivity index (χ4v) is 6.30. The second-order valence-electron chi connectivity index (χ2n) is 11.0. The van der Waals surface area contributed by atoms with Gasteiger partial charge in [-0.25, -0.2) is 18.4 Å². The number of benzene rings is 1. The number of halogens is 4. The Kier molecular flexibility index (Phi) is 9.03. The Labute approximate surface area is 256 Å². The number of ether oxygens (including phenoxy) is 1. The molecule has 3 aromatic heterocycles. The minimum Gasteiger partial charge on any atom is -0.491 e. The smallest absolute Gasteiger partial charge is 0.433 e. The summed E-state index contributed by atoms with van der Waals surface area (Å²) in [5.74, 6) is 0.287. The van der Waals surface area contributed by atoms with Crippen molar-refractivity contribution in [3.05, 3.63) is 53.6 Å². The number of aryl methyl sites for hydroxylation is 1. The SMILES string of the molecule is CC(C)(O)CCn1ncc(-c2onc(-c3cccc(OCCN4CCS(=O)(=O)CC4)c3Cl)c2-c2ncccn2)c1C(F)(F)F. The van der Waals surface area contributed by atoms with Gasteiger partial charge < -0.3 is 14.4 Å². The first-order chi connectivity index (χ1) is 20.7. The van der Waals surface area contributed by atoms with E-state index in [9.17, 15) is 26.7 Å². The number of sulfone groups is 1. The molecule has 0 bridgehead atoms.